The van der Waals surface area contributed by atoms with Crippen LogP contribution >= 0.6 is 11.3 Å². The molecule has 3 rings (SSSR count). The summed E-state index contributed by atoms with van der Waals surface area (Å²) in [5.74, 6) is 1.05. The van der Waals surface area contributed by atoms with E-state index in [9.17, 15) is 0 Å². The molecule has 0 aliphatic carbocycles. The van der Waals surface area contributed by atoms with Crippen molar-refractivity contribution in [3.05, 3.63) is 6.20 Å². The number of hydrogen-bond donors (Lipinski definition) is 0. The molecular weight excluding hydrogens is 370 g/mol. The summed E-state index contributed by atoms with van der Waals surface area (Å²) in [5.41, 5.74) is 0. The molecule has 1 aliphatic rings. The minimum Gasteiger partial charge on any atom is -0.377 e. The normalized spacial score (nSPS) is 17.4. The lowest BCUT2D eigenvalue weighted by atomic mass is 10.3. The zero-order valence-electron chi connectivity index (χ0n) is 16.2. The van der Waals surface area contributed by atoms with Crippen LogP contribution in [0.4, 0.5) is 11.1 Å². The molecule has 3 heterocycles. The first kappa shape index (κ1) is 19.7. The number of ether oxygens (including phenoxy) is 1. The highest BCUT2D eigenvalue weighted by Gasteiger charge is 2.24. The summed E-state index contributed by atoms with van der Waals surface area (Å²) in [6.07, 6.45) is 1.76. The molecule has 0 saturated carbocycles. The molecule has 10 nitrogen and oxygen atoms in total. The van der Waals surface area contributed by atoms with Gasteiger partial charge in [-0.3, -0.25) is 9.79 Å². The van der Waals surface area contributed by atoms with E-state index in [-0.39, 0.29) is 18.8 Å². The second-order valence-corrected chi connectivity index (χ2v) is 7.68. The van der Waals surface area contributed by atoms with Crippen molar-refractivity contribution >= 4 is 22.4 Å². The third-order valence-corrected chi connectivity index (χ3v) is 4.93. The molecule has 0 spiro atoms. The molecule has 148 valence electrons. The molecule has 1 aliphatic heterocycles. The Bertz CT molecular complexity index is 755. The van der Waals surface area contributed by atoms with Gasteiger partial charge in [-0.05, 0) is 21.0 Å². The highest BCUT2D eigenvalue weighted by Crippen LogP contribution is 2.30. The highest BCUT2D eigenvalue weighted by molar-refractivity contribution is 7.18. The van der Waals surface area contributed by atoms with Crippen LogP contribution in [0, 0.1) is 0 Å². The van der Waals surface area contributed by atoms with Gasteiger partial charge in [0.1, 0.15) is 6.73 Å². The molecule has 0 bridgehead atoms. The molecule has 11 heteroatoms. The Balaban J connectivity index is 1.91. The fourth-order valence-electron chi connectivity index (χ4n) is 2.41. The summed E-state index contributed by atoms with van der Waals surface area (Å²) in [4.78, 5) is 35.1. The number of thiazole rings is 1. The molecule has 1 fully saturated rings. The number of hydrogen-bond acceptors (Lipinski definition) is 11. The summed E-state index contributed by atoms with van der Waals surface area (Å²) in [6, 6.07) is 0.277. The first-order valence-corrected chi connectivity index (χ1v) is 9.44. The SMILES string of the molecule is C[C@H]1COCCN1c1nc(OOCN(C)C)nc(-c2cnc(N(C)C)s2)n1. The Hall–Kier alpha value is -2.08. The predicted octanol–water partition coefficient (Wildman–Crippen LogP) is 1.12. The van der Waals surface area contributed by atoms with Crippen molar-refractivity contribution in [1.82, 2.24) is 24.8 Å². The van der Waals surface area contributed by atoms with E-state index in [2.05, 4.69) is 31.8 Å². The van der Waals surface area contributed by atoms with Crippen LogP contribution in [0.3, 0.4) is 0 Å². The fraction of sp³-hybridized carbons (Fsp3) is 0.625. The average molecular weight is 395 g/mol. The van der Waals surface area contributed by atoms with E-state index in [4.69, 9.17) is 14.5 Å². The van der Waals surface area contributed by atoms with E-state index in [1.54, 1.807) is 6.20 Å². The van der Waals surface area contributed by atoms with Crippen molar-refractivity contribution in [1.29, 1.82) is 0 Å². The lowest BCUT2D eigenvalue weighted by Gasteiger charge is -2.33. The van der Waals surface area contributed by atoms with Crippen LogP contribution in [0.15, 0.2) is 6.20 Å². The topological polar surface area (TPSA) is 89.0 Å². The monoisotopic (exact) mass is 395 g/mol. The van der Waals surface area contributed by atoms with Crippen molar-refractivity contribution in [2.45, 2.75) is 13.0 Å². The maximum Gasteiger partial charge on any atom is 0.358 e. The van der Waals surface area contributed by atoms with Gasteiger partial charge in [0.2, 0.25) is 5.95 Å². The summed E-state index contributed by atoms with van der Waals surface area (Å²) >= 11 is 1.50. The number of anilines is 2. The minimum atomic E-state index is 0.121. The largest absolute Gasteiger partial charge is 0.377 e. The number of aromatic nitrogens is 4. The van der Waals surface area contributed by atoms with E-state index in [1.807, 2.05) is 38.0 Å². The standard InChI is InChI=1S/C16H25N7O3S/c1-11-9-24-7-6-23(11)14-18-13(12-8-17-16(27-12)22(4)5)19-15(20-14)26-25-10-21(2)3/h8,11H,6-7,9-10H2,1-5H3/t11-/m0/s1. The van der Waals surface area contributed by atoms with Crippen LogP contribution in [-0.4, -0.2) is 85.6 Å². The number of morpholine rings is 1. The predicted molar refractivity (Wildman–Crippen MR) is 103 cm³/mol. The third-order valence-electron chi connectivity index (χ3n) is 3.77. The van der Waals surface area contributed by atoms with Crippen LogP contribution < -0.4 is 14.7 Å². The summed E-state index contributed by atoms with van der Waals surface area (Å²) in [5, 5.41) is 0.873. The van der Waals surface area contributed by atoms with Crippen LogP contribution in [0.5, 0.6) is 6.01 Å². The van der Waals surface area contributed by atoms with Crippen molar-refractivity contribution in [3.63, 3.8) is 0 Å². The smallest absolute Gasteiger partial charge is 0.358 e. The number of rotatable bonds is 7. The van der Waals surface area contributed by atoms with Gasteiger partial charge in [0.15, 0.2) is 11.0 Å². The lowest BCUT2D eigenvalue weighted by molar-refractivity contribution is -0.236. The fourth-order valence-corrected chi connectivity index (χ4v) is 3.18. The molecule has 1 atom stereocenters. The maximum absolute atomic E-state index is 5.51. The molecule has 27 heavy (non-hydrogen) atoms. The zero-order valence-corrected chi connectivity index (χ0v) is 17.1. The van der Waals surface area contributed by atoms with Crippen LogP contribution in [0.1, 0.15) is 6.92 Å². The molecule has 1 saturated heterocycles. The Kier molecular flexibility index (Phi) is 6.37. The van der Waals surface area contributed by atoms with Gasteiger partial charge in [-0.1, -0.05) is 11.3 Å². The van der Waals surface area contributed by atoms with Gasteiger partial charge in [-0.25, -0.2) is 4.98 Å². The molecular formula is C16H25N7O3S. The van der Waals surface area contributed by atoms with Gasteiger partial charge in [0.05, 0.1) is 30.3 Å². The summed E-state index contributed by atoms with van der Waals surface area (Å²) < 4.78 is 5.51. The van der Waals surface area contributed by atoms with Crippen molar-refractivity contribution in [3.8, 4) is 16.7 Å². The zero-order chi connectivity index (χ0) is 19.4. The maximum atomic E-state index is 5.51. The summed E-state index contributed by atoms with van der Waals surface area (Å²) in [7, 11) is 7.65. The molecule has 2 aromatic heterocycles. The average Bonchev–Trinajstić information content (AvgIpc) is 3.12. The van der Waals surface area contributed by atoms with Crippen molar-refractivity contribution < 1.29 is 14.5 Å². The van der Waals surface area contributed by atoms with E-state index in [1.165, 1.54) is 11.3 Å². The van der Waals surface area contributed by atoms with Gasteiger partial charge >= 0.3 is 6.01 Å². The molecule has 2 aromatic rings. The Morgan fingerprint density at radius 1 is 1.26 bits per heavy atom. The Labute approximate surface area is 162 Å². The molecule has 0 N–H and O–H groups in total. The van der Waals surface area contributed by atoms with Crippen molar-refractivity contribution in [2.75, 3.05) is 64.5 Å². The Morgan fingerprint density at radius 2 is 2.07 bits per heavy atom. The lowest BCUT2D eigenvalue weighted by Crippen LogP contribution is -2.44. The molecule has 0 aromatic carbocycles. The first-order valence-electron chi connectivity index (χ1n) is 8.62. The van der Waals surface area contributed by atoms with E-state index >= 15 is 0 Å². The van der Waals surface area contributed by atoms with Crippen LogP contribution in [0.2, 0.25) is 0 Å². The minimum absolute atomic E-state index is 0.121. The molecule has 0 unspecified atom stereocenters. The van der Waals surface area contributed by atoms with E-state index < -0.39 is 0 Å². The Morgan fingerprint density at radius 3 is 2.74 bits per heavy atom. The van der Waals surface area contributed by atoms with Gasteiger partial charge in [0, 0.05) is 20.6 Å². The number of nitrogens with zero attached hydrogens (tertiary/aromatic N) is 7. The van der Waals surface area contributed by atoms with Crippen LogP contribution in [-0.2, 0) is 9.62 Å². The third kappa shape index (κ3) is 5.01. The van der Waals surface area contributed by atoms with Crippen LogP contribution in [0.25, 0.3) is 10.7 Å². The van der Waals surface area contributed by atoms with Gasteiger partial charge in [0.25, 0.3) is 0 Å². The quantitative estimate of drug-likeness (QED) is 0.386. The van der Waals surface area contributed by atoms with E-state index in [0.717, 1.165) is 10.0 Å². The second-order valence-electron chi connectivity index (χ2n) is 6.67. The molecule has 0 amide bonds. The van der Waals surface area contributed by atoms with Crippen molar-refractivity contribution in [2.24, 2.45) is 0 Å². The second kappa shape index (κ2) is 8.74. The summed E-state index contributed by atoms with van der Waals surface area (Å²) in [6.45, 7) is 4.32. The van der Waals surface area contributed by atoms with Gasteiger partial charge in [-0.2, -0.15) is 19.8 Å². The van der Waals surface area contributed by atoms with Gasteiger partial charge < -0.3 is 14.5 Å². The van der Waals surface area contributed by atoms with E-state index in [0.29, 0.717) is 31.5 Å². The highest BCUT2D eigenvalue weighted by atomic mass is 32.1. The first-order chi connectivity index (χ1) is 12.9. The van der Waals surface area contributed by atoms with Gasteiger partial charge in [-0.15, -0.1) is 0 Å². The molecule has 0 radical (unpaired) electrons.